The van der Waals surface area contributed by atoms with Crippen molar-refractivity contribution in [1.82, 2.24) is 4.98 Å². The molecule has 17 heavy (non-hydrogen) atoms. The van der Waals surface area contributed by atoms with E-state index in [4.69, 9.17) is 4.74 Å². The van der Waals surface area contributed by atoms with Gasteiger partial charge in [-0.1, -0.05) is 0 Å². The number of ether oxygens (including phenoxy) is 1. The highest BCUT2D eigenvalue weighted by atomic mass is 19.2. The van der Waals surface area contributed by atoms with Gasteiger partial charge < -0.3 is 10.1 Å². The molecule has 1 aromatic rings. The molecule has 0 spiro atoms. The Labute approximate surface area is 97.0 Å². The third-order valence-electron chi connectivity index (χ3n) is 2.82. The Morgan fingerprint density at radius 2 is 2.18 bits per heavy atom. The number of rotatable bonds is 3. The second-order valence-electron chi connectivity index (χ2n) is 4.35. The fourth-order valence-electron chi connectivity index (χ4n) is 1.82. The molecule has 2 heterocycles. The van der Waals surface area contributed by atoms with E-state index in [-0.39, 0.29) is 5.82 Å². The molecule has 6 heteroatoms. The van der Waals surface area contributed by atoms with E-state index in [2.05, 4.69) is 10.3 Å². The van der Waals surface area contributed by atoms with Crippen LogP contribution in [0.15, 0.2) is 6.07 Å². The topological polar surface area (TPSA) is 34.2 Å². The molecule has 1 aliphatic heterocycles. The molecule has 1 fully saturated rings. The molecule has 1 unspecified atom stereocenters. The lowest BCUT2D eigenvalue weighted by atomic mass is 10.0. The van der Waals surface area contributed by atoms with Crippen LogP contribution >= 0.6 is 0 Å². The number of halogens is 3. The molecule has 0 aromatic carbocycles. The van der Waals surface area contributed by atoms with E-state index in [9.17, 15) is 13.2 Å². The zero-order chi connectivity index (χ0) is 12.5. The molecule has 0 saturated carbocycles. The Morgan fingerprint density at radius 3 is 2.82 bits per heavy atom. The van der Waals surface area contributed by atoms with Crippen molar-refractivity contribution >= 4 is 5.82 Å². The lowest BCUT2D eigenvalue weighted by molar-refractivity contribution is 0.0314. The summed E-state index contributed by atoms with van der Waals surface area (Å²) in [6, 6.07) is 0.475. The molecule has 3 nitrogen and oxygen atoms in total. The number of nitrogens with one attached hydrogen (secondary N) is 1. The van der Waals surface area contributed by atoms with Gasteiger partial charge in [0.1, 0.15) is 0 Å². The average Bonchev–Trinajstić information content (AvgIpc) is 2.69. The van der Waals surface area contributed by atoms with E-state index in [1.807, 2.05) is 6.92 Å². The molecule has 1 saturated heterocycles. The molecule has 0 aliphatic carbocycles. The SMILES string of the molecule is CC1(CNc2nc(F)c(F)cc2F)CCCO1. The Morgan fingerprint density at radius 1 is 1.41 bits per heavy atom. The molecule has 1 aromatic heterocycles. The normalized spacial score (nSPS) is 24.0. The van der Waals surface area contributed by atoms with Crippen molar-refractivity contribution in [3.8, 4) is 0 Å². The zero-order valence-electron chi connectivity index (χ0n) is 9.40. The Hall–Kier alpha value is -1.30. The molecule has 2 rings (SSSR count). The molecule has 0 amide bonds. The molecule has 94 valence electrons. The van der Waals surface area contributed by atoms with E-state index in [1.165, 1.54) is 0 Å². The summed E-state index contributed by atoms with van der Waals surface area (Å²) < 4.78 is 44.2. The first-order valence-corrected chi connectivity index (χ1v) is 5.39. The van der Waals surface area contributed by atoms with Crippen LogP contribution in [0.25, 0.3) is 0 Å². The van der Waals surface area contributed by atoms with E-state index in [0.29, 0.717) is 19.2 Å². The summed E-state index contributed by atoms with van der Waals surface area (Å²) in [5.41, 5.74) is -0.404. The molecule has 0 radical (unpaired) electrons. The second kappa shape index (κ2) is 4.52. The number of anilines is 1. The van der Waals surface area contributed by atoms with Crippen LogP contribution < -0.4 is 5.32 Å². The predicted molar refractivity (Wildman–Crippen MR) is 56.2 cm³/mol. The molecule has 0 bridgehead atoms. The van der Waals surface area contributed by atoms with E-state index >= 15 is 0 Å². The zero-order valence-corrected chi connectivity index (χ0v) is 9.40. The minimum absolute atomic E-state index is 0.291. The van der Waals surface area contributed by atoms with Crippen LogP contribution in [0.5, 0.6) is 0 Å². The van der Waals surface area contributed by atoms with Crippen molar-refractivity contribution in [3.05, 3.63) is 23.6 Å². The maximum atomic E-state index is 13.3. The number of nitrogens with zero attached hydrogens (tertiary/aromatic N) is 1. The molecule has 1 aliphatic rings. The van der Waals surface area contributed by atoms with E-state index in [1.54, 1.807) is 0 Å². The van der Waals surface area contributed by atoms with Crippen LogP contribution in [0, 0.1) is 17.6 Å². The first-order chi connectivity index (χ1) is 8.00. The lowest BCUT2D eigenvalue weighted by Crippen LogP contribution is -2.33. The van der Waals surface area contributed by atoms with Gasteiger partial charge in [0.15, 0.2) is 17.5 Å². The summed E-state index contributed by atoms with van der Waals surface area (Å²) in [7, 11) is 0. The average molecular weight is 246 g/mol. The van der Waals surface area contributed by atoms with Gasteiger partial charge in [-0.2, -0.15) is 9.37 Å². The third-order valence-corrected chi connectivity index (χ3v) is 2.82. The first kappa shape index (κ1) is 12.2. The summed E-state index contributed by atoms with van der Waals surface area (Å²) >= 11 is 0. The minimum atomic E-state index is -1.31. The third kappa shape index (κ3) is 2.69. The standard InChI is InChI=1S/C11H13F3N2O/c1-11(3-2-4-17-11)6-15-10-8(13)5-7(12)9(14)16-10/h5H,2-4,6H2,1H3,(H,15,16). The van der Waals surface area contributed by atoms with Crippen molar-refractivity contribution < 1.29 is 17.9 Å². The van der Waals surface area contributed by atoms with E-state index in [0.717, 1.165) is 12.8 Å². The highest BCUT2D eigenvalue weighted by Crippen LogP contribution is 2.25. The lowest BCUT2D eigenvalue weighted by Gasteiger charge is -2.23. The highest BCUT2D eigenvalue weighted by Gasteiger charge is 2.30. The van der Waals surface area contributed by atoms with Gasteiger partial charge >= 0.3 is 0 Å². The predicted octanol–water partition coefficient (Wildman–Crippen LogP) is 2.48. The number of hydrogen-bond acceptors (Lipinski definition) is 3. The Bertz CT molecular complexity index is 419. The van der Waals surface area contributed by atoms with Gasteiger partial charge in [0.25, 0.3) is 5.95 Å². The van der Waals surface area contributed by atoms with Crippen LogP contribution in [0.4, 0.5) is 19.0 Å². The van der Waals surface area contributed by atoms with Gasteiger partial charge in [0.05, 0.1) is 5.60 Å². The number of aromatic nitrogens is 1. The van der Waals surface area contributed by atoms with Crippen LogP contribution in [-0.2, 0) is 4.74 Å². The Kier molecular flexibility index (Phi) is 3.24. The van der Waals surface area contributed by atoms with E-state index < -0.39 is 23.2 Å². The van der Waals surface area contributed by atoms with Crippen LogP contribution in [0.2, 0.25) is 0 Å². The van der Waals surface area contributed by atoms with Crippen molar-refractivity contribution in [2.45, 2.75) is 25.4 Å². The minimum Gasteiger partial charge on any atom is -0.373 e. The summed E-state index contributed by atoms with van der Waals surface area (Å²) in [6.07, 6.45) is 1.77. The van der Waals surface area contributed by atoms with Gasteiger partial charge in [-0.3, -0.25) is 0 Å². The number of hydrogen-bond donors (Lipinski definition) is 1. The van der Waals surface area contributed by atoms with Gasteiger partial charge in [-0.15, -0.1) is 0 Å². The van der Waals surface area contributed by atoms with Crippen LogP contribution in [-0.4, -0.2) is 23.7 Å². The second-order valence-corrected chi connectivity index (χ2v) is 4.35. The molecular weight excluding hydrogens is 233 g/mol. The van der Waals surface area contributed by atoms with Gasteiger partial charge in [0.2, 0.25) is 0 Å². The Balaban J connectivity index is 2.06. The molecular formula is C11H13F3N2O. The molecule has 1 N–H and O–H groups in total. The summed E-state index contributed by atoms with van der Waals surface area (Å²) in [6.45, 7) is 2.85. The summed E-state index contributed by atoms with van der Waals surface area (Å²) in [4.78, 5) is 3.18. The number of pyridine rings is 1. The van der Waals surface area contributed by atoms with Crippen molar-refractivity contribution in [1.29, 1.82) is 0 Å². The van der Waals surface area contributed by atoms with Gasteiger partial charge in [0, 0.05) is 19.2 Å². The summed E-state index contributed by atoms with van der Waals surface area (Å²) in [5, 5.41) is 2.65. The first-order valence-electron chi connectivity index (χ1n) is 5.39. The maximum absolute atomic E-state index is 13.3. The van der Waals surface area contributed by atoms with Gasteiger partial charge in [-0.05, 0) is 19.8 Å². The quantitative estimate of drug-likeness (QED) is 0.832. The van der Waals surface area contributed by atoms with Crippen molar-refractivity contribution in [2.24, 2.45) is 0 Å². The largest absolute Gasteiger partial charge is 0.373 e. The molecule has 1 atom stereocenters. The summed E-state index contributed by atoms with van der Waals surface area (Å²) in [5.74, 6) is -3.81. The van der Waals surface area contributed by atoms with Crippen molar-refractivity contribution in [3.63, 3.8) is 0 Å². The fourth-order valence-corrected chi connectivity index (χ4v) is 1.82. The monoisotopic (exact) mass is 246 g/mol. The fraction of sp³-hybridized carbons (Fsp3) is 0.545. The maximum Gasteiger partial charge on any atom is 0.251 e. The van der Waals surface area contributed by atoms with Crippen LogP contribution in [0.3, 0.4) is 0 Å². The van der Waals surface area contributed by atoms with Crippen LogP contribution in [0.1, 0.15) is 19.8 Å². The van der Waals surface area contributed by atoms with Crippen molar-refractivity contribution in [2.75, 3.05) is 18.5 Å². The highest BCUT2D eigenvalue weighted by molar-refractivity contribution is 5.36. The van der Waals surface area contributed by atoms with Gasteiger partial charge in [-0.25, -0.2) is 8.78 Å². The smallest absolute Gasteiger partial charge is 0.251 e.